The largest absolute Gasteiger partial charge is 0.325 e. The standard InChI is InChI=1S/C31H30BrN11O3.C27H29N9O3.2C4H10/c1-17-5-6-26(32)38-29(17)39-30(46)23-8-31(14-43(4)16-33-15-37-43)9-25(31)42(23)27(45)13-41-24-12-36-22(20-10-34-19(3)35-11-20)7-21(24)28(40-41)18(2)44;1-16-5-6-17(2)31-25(16)32-26(39)20-9-27(13-36(4)15-29-14-30-36)10-22(27)35(20)23(38)12-34-21-11-28-8-7-19(21)24(33-34)18(3)37;2*1-3-4-2/h5-7,10-12,15-16,23,25H,8-9,13-14H2,1-4H3;5-8,11,14-15,20,22H,9-10,12-13H2,1-4H3;2*3-4H2,1-2H3/p+2/t23-,25+,31-,43?;20-,22+,27-,36?;;/m00../s1. The molecule has 486 valence electrons. The number of carbonyl (C=O) groups is 6. The fourth-order valence-electron chi connectivity index (χ4n) is 12.8. The summed E-state index contributed by atoms with van der Waals surface area (Å²) < 4.78 is 4.14. The van der Waals surface area contributed by atoms with Crippen LogP contribution in [-0.4, -0.2) is 180 Å². The molecule has 8 atom stereocenters. The first-order chi connectivity index (χ1) is 44.4. The van der Waals surface area contributed by atoms with E-state index in [0.29, 0.717) is 86.8 Å². The number of fused-ring (bicyclic) bond motifs is 4. The van der Waals surface area contributed by atoms with E-state index in [1.807, 2.05) is 53.1 Å². The number of nitrogens with one attached hydrogen (secondary N) is 2. The Kier molecular flexibility index (Phi) is 19.6. The molecule has 6 aliphatic rings. The molecular formula is C66H81BrN20O6+2. The van der Waals surface area contributed by atoms with Crippen molar-refractivity contribution in [3.8, 4) is 11.3 Å². The van der Waals surface area contributed by atoms with Crippen molar-refractivity contribution in [2.75, 3.05) is 37.8 Å². The molecule has 7 aromatic rings. The van der Waals surface area contributed by atoms with E-state index in [2.05, 4.69) is 115 Å². The Morgan fingerprint density at radius 2 is 1.09 bits per heavy atom. The predicted octanol–water partition coefficient (Wildman–Crippen LogP) is 8.98. The van der Waals surface area contributed by atoms with Crippen LogP contribution in [0.15, 0.2) is 92.2 Å². The number of unbranched alkanes of at least 4 members (excludes halogenated alkanes) is 2. The highest BCUT2D eigenvalue weighted by molar-refractivity contribution is 9.10. The van der Waals surface area contributed by atoms with Crippen LogP contribution in [0.25, 0.3) is 33.1 Å². The molecule has 2 N–H and O–H groups in total. The molecule has 0 bridgehead atoms. The minimum atomic E-state index is -0.734. The van der Waals surface area contributed by atoms with Crippen molar-refractivity contribution in [1.82, 2.24) is 59.3 Å². The summed E-state index contributed by atoms with van der Waals surface area (Å²) in [5.74, 6) is 0.0320. The summed E-state index contributed by atoms with van der Waals surface area (Å²) in [6, 6.07) is 9.26. The van der Waals surface area contributed by atoms with Gasteiger partial charge in [0.2, 0.25) is 36.3 Å². The minimum Gasteiger partial charge on any atom is -0.325 e. The number of hydrogen-bond acceptors (Lipinski definition) is 18. The summed E-state index contributed by atoms with van der Waals surface area (Å²) in [5, 5.41) is 25.1. The third-order valence-corrected chi connectivity index (χ3v) is 18.4. The van der Waals surface area contributed by atoms with Crippen LogP contribution in [-0.2, 0) is 32.3 Å². The average molecular weight is 1330 g/mol. The third kappa shape index (κ3) is 14.3. The van der Waals surface area contributed by atoms with Gasteiger partial charge < -0.3 is 20.4 Å². The molecule has 4 fully saturated rings. The molecule has 11 heterocycles. The summed E-state index contributed by atoms with van der Waals surface area (Å²) in [7, 11) is 3.91. The van der Waals surface area contributed by atoms with E-state index in [-0.39, 0.29) is 86.1 Å². The number of anilines is 2. The number of pyridine rings is 4. The topological polar surface area (TPSA) is 295 Å². The summed E-state index contributed by atoms with van der Waals surface area (Å²) in [6.45, 7) is 20.0. The number of hydrogen-bond donors (Lipinski definition) is 2. The first-order valence-corrected chi connectivity index (χ1v) is 32.3. The van der Waals surface area contributed by atoms with Gasteiger partial charge in [0.05, 0.1) is 43.2 Å². The van der Waals surface area contributed by atoms with E-state index in [4.69, 9.17) is 0 Å². The molecule has 0 aromatic carbocycles. The SMILES string of the molecule is CC(=O)c1nn(CC(=O)N2[C@H](C(=O)Nc3nc(Br)ccc3C)C[C@@]3(C[N+]4(C)C=NC=N4)C[C@@H]23)c2cnc(-c3cnc(C)nc3)cc12.CC(=O)c1nn(CC(=O)N2[C@H](C(=O)Nc3nc(C)ccc3C)C[C@@]3(C[N+]4(C)C=NC=N4)C[C@@H]23)c2cnccc12.CCCC.CCCC. The van der Waals surface area contributed by atoms with Crippen molar-refractivity contribution < 1.29 is 38.0 Å². The number of likely N-dealkylation sites (tertiary alicyclic amines) is 2. The van der Waals surface area contributed by atoms with E-state index in [1.165, 1.54) is 61.6 Å². The molecule has 2 aliphatic carbocycles. The van der Waals surface area contributed by atoms with Crippen LogP contribution in [0.3, 0.4) is 0 Å². The van der Waals surface area contributed by atoms with Crippen LogP contribution in [0.2, 0.25) is 0 Å². The molecule has 93 heavy (non-hydrogen) atoms. The Labute approximate surface area is 548 Å². The van der Waals surface area contributed by atoms with Crippen LogP contribution in [0.5, 0.6) is 0 Å². The van der Waals surface area contributed by atoms with Crippen LogP contribution in [0.4, 0.5) is 11.6 Å². The van der Waals surface area contributed by atoms with Gasteiger partial charge >= 0.3 is 0 Å². The van der Waals surface area contributed by atoms with Gasteiger partial charge in [-0.15, -0.1) is 0 Å². The van der Waals surface area contributed by atoms with Gasteiger partial charge in [0.15, 0.2) is 24.2 Å². The van der Waals surface area contributed by atoms with E-state index in [9.17, 15) is 28.8 Å². The molecule has 7 aromatic heterocycles. The monoisotopic (exact) mass is 1330 g/mol. The Bertz CT molecular complexity index is 4150. The number of carbonyl (C=O) groups excluding carboxylic acids is 6. The van der Waals surface area contributed by atoms with Gasteiger partial charge in [-0.05, 0) is 105 Å². The zero-order chi connectivity index (χ0) is 66.7. The Morgan fingerprint density at radius 3 is 1.57 bits per heavy atom. The molecule has 2 saturated carbocycles. The molecule has 26 nitrogen and oxygen atoms in total. The molecular weight excluding hydrogens is 1250 g/mol. The maximum absolute atomic E-state index is 14.2. The maximum Gasteiger partial charge on any atom is 0.248 e. The van der Waals surface area contributed by atoms with Crippen molar-refractivity contribution in [2.45, 2.75) is 158 Å². The van der Waals surface area contributed by atoms with Gasteiger partial charge in [-0.25, -0.2) is 19.9 Å². The van der Waals surface area contributed by atoms with Gasteiger partial charge in [-0.3, -0.25) is 48.1 Å². The Hall–Kier alpha value is -9.08. The molecule has 13 rings (SSSR count). The number of ketones is 2. The third-order valence-electron chi connectivity index (χ3n) is 18.0. The number of amides is 4. The Morgan fingerprint density at radius 1 is 0.602 bits per heavy atom. The summed E-state index contributed by atoms with van der Waals surface area (Å²) in [5.41, 5.74) is 4.81. The number of nitrogens with zero attached hydrogens (tertiary/aromatic N) is 18. The number of piperidine rings is 2. The van der Waals surface area contributed by atoms with E-state index in [0.717, 1.165) is 29.7 Å². The summed E-state index contributed by atoms with van der Waals surface area (Å²) in [6.07, 6.45) is 22.5. The lowest BCUT2D eigenvalue weighted by Crippen LogP contribution is -2.47. The Balaban J connectivity index is 0.000000184. The van der Waals surface area contributed by atoms with Crippen molar-refractivity contribution in [3.63, 3.8) is 0 Å². The fourth-order valence-corrected chi connectivity index (χ4v) is 13.1. The highest BCUT2D eigenvalue weighted by atomic mass is 79.9. The molecule has 27 heteroatoms. The molecule has 0 radical (unpaired) electrons. The van der Waals surface area contributed by atoms with Crippen molar-refractivity contribution in [1.29, 1.82) is 0 Å². The lowest BCUT2D eigenvalue weighted by Gasteiger charge is -2.27. The van der Waals surface area contributed by atoms with E-state index in [1.54, 1.807) is 78.6 Å². The van der Waals surface area contributed by atoms with Gasteiger partial charge in [0.25, 0.3) is 0 Å². The van der Waals surface area contributed by atoms with Crippen LogP contribution < -0.4 is 10.6 Å². The molecule has 2 saturated heterocycles. The lowest BCUT2D eigenvalue weighted by molar-refractivity contribution is -0.823. The normalized spacial score (nSPS) is 23.9. The smallest absolute Gasteiger partial charge is 0.248 e. The minimum absolute atomic E-state index is 0.112. The van der Waals surface area contributed by atoms with Crippen LogP contribution >= 0.6 is 15.9 Å². The second kappa shape index (κ2) is 27.2. The highest BCUT2D eigenvalue weighted by Gasteiger charge is 2.71. The highest BCUT2D eigenvalue weighted by Crippen LogP contribution is 2.62. The number of quaternary nitrogens is 2. The van der Waals surface area contributed by atoms with Crippen molar-refractivity contribution in [3.05, 3.63) is 106 Å². The molecule has 2 unspecified atom stereocenters. The zero-order valence-electron chi connectivity index (χ0n) is 54.8. The second-order valence-corrected chi connectivity index (χ2v) is 26.3. The second-order valence-electron chi connectivity index (χ2n) is 25.5. The van der Waals surface area contributed by atoms with Gasteiger partial charge in [-0.1, -0.05) is 75.7 Å². The number of aliphatic imine (C=N–C) groups is 2. The van der Waals surface area contributed by atoms with Crippen molar-refractivity contribution >= 4 is 110 Å². The fraction of sp³-hybridized carbons (Fsp3) is 0.455. The lowest BCUT2D eigenvalue weighted by atomic mass is 9.98. The summed E-state index contributed by atoms with van der Waals surface area (Å²) in [4.78, 5) is 118. The van der Waals surface area contributed by atoms with Crippen LogP contribution in [0.1, 0.15) is 137 Å². The van der Waals surface area contributed by atoms with Gasteiger partial charge in [0.1, 0.15) is 71.7 Å². The van der Waals surface area contributed by atoms with Crippen molar-refractivity contribution in [2.24, 2.45) is 31.0 Å². The van der Waals surface area contributed by atoms with Gasteiger partial charge in [0, 0.05) is 77.4 Å². The maximum atomic E-state index is 14.2. The zero-order valence-corrected chi connectivity index (χ0v) is 56.4. The molecule has 4 aliphatic heterocycles. The first-order valence-electron chi connectivity index (χ1n) is 31.5. The van der Waals surface area contributed by atoms with E-state index < -0.39 is 12.1 Å². The van der Waals surface area contributed by atoms with Crippen LogP contribution in [0, 0.1) is 38.5 Å². The predicted molar refractivity (Wildman–Crippen MR) is 358 cm³/mol. The quantitative estimate of drug-likeness (QED) is 0.0489. The van der Waals surface area contributed by atoms with Gasteiger partial charge in [-0.2, -0.15) is 29.4 Å². The number of Topliss-reactive ketones (excluding diaryl/α,β-unsaturated/α-hetero) is 2. The number of halogens is 1. The number of aryl methyl sites for hydroxylation is 4. The molecule has 0 spiro atoms. The number of aromatic nitrogens is 10. The number of rotatable bonds is 17. The van der Waals surface area contributed by atoms with E-state index >= 15 is 0 Å². The molecule has 4 amide bonds. The summed E-state index contributed by atoms with van der Waals surface area (Å²) >= 11 is 3.37. The average Bonchev–Trinajstić information content (AvgIpc) is 1.54. The first kappa shape index (κ1) is 66.8.